The third kappa shape index (κ3) is 2.89. The van der Waals surface area contributed by atoms with Gasteiger partial charge >= 0.3 is 5.97 Å². The molecule has 0 saturated heterocycles. The standard InChI is InChI=1S/C12H14Cl2O2/c1-3-12(2,11(15)16)7-8-4-5-9(13)10(14)6-8/h4-6H,3,7H2,1-2H3,(H,15,16). The minimum atomic E-state index is -0.791. The molecule has 1 rings (SSSR count). The molecule has 88 valence electrons. The monoisotopic (exact) mass is 260 g/mol. The van der Waals surface area contributed by atoms with Gasteiger partial charge in [0.25, 0.3) is 0 Å². The molecule has 1 aromatic carbocycles. The number of aliphatic carboxylic acids is 1. The Hall–Kier alpha value is -0.730. The first-order valence-corrected chi connectivity index (χ1v) is 5.82. The normalized spacial score (nSPS) is 14.5. The zero-order chi connectivity index (χ0) is 12.3. The molecular formula is C12H14Cl2O2. The second-order valence-electron chi connectivity index (χ2n) is 4.14. The van der Waals surface area contributed by atoms with Crippen molar-refractivity contribution < 1.29 is 9.90 Å². The Labute approximate surface area is 105 Å². The van der Waals surface area contributed by atoms with E-state index < -0.39 is 11.4 Å². The van der Waals surface area contributed by atoms with Crippen LogP contribution < -0.4 is 0 Å². The van der Waals surface area contributed by atoms with E-state index in [1.165, 1.54) is 0 Å². The molecule has 0 aliphatic heterocycles. The highest BCUT2D eigenvalue weighted by Crippen LogP contribution is 2.30. The Kier molecular flexibility index (Phi) is 4.22. The summed E-state index contributed by atoms with van der Waals surface area (Å²) in [7, 11) is 0. The van der Waals surface area contributed by atoms with Gasteiger partial charge in [-0.2, -0.15) is 0 Å². The summed E-state index contributed by atoms with van der Waals surface area (Å²) in [6, 6.07) is 5.23. The Morgan fingerprint density at radius 3 is 2.44 bits per heavy atom. The van der Waals surface area contributed by atoms with E-state index in [9.17, 15) is 4.79 Å². The van der Waals surface area contributed by atoms with Gasteiger partial charge in [-0.25, -0.2) is 0 Å². The maximum absolute atomic E-state index is 11.1. The number of hydrogen-bond donors (Lipinski definition) is 1. The highest BCUT2D eigenvalue weighted by Gasteiger charge is 2.31. The largest absolute Gasteiger partial charge is 0.481 e. The Balaban J connectivity index is 2.95. The molecule has 0 amide bonds. The van der Waals surface area contributed by atoms with Gasteiger partial charge < -0.3 is 5.11 Å². The van der Waals surface area contributed by atoms with Gasteiger partial charge in [-0.1, -0.05) is 36.2 Å². The maximum atomic E-state index is 11.1. The summed E-state index contributed by atoms with van der Waals surface area (Å²) in [6.45, 7) is 3.60. The smallest absolute Gasteiger partial charge is 0.309 e. The van der Waals surface area contributed by atoms with Crippen molar-refractivity contribution in [3.63, 3.8) is 0 Å². The van der Waals surface area contributed by atoms with Crippen LogP contribution in [0.2, 0.25) is 10.0 Å². The van der Waals surface area contributed by atoms with E-state index in [-0.39, 0.29) is 0 Å². The van der Waals surface area contributed by atoms with Crippen molar-refractivity contribution in [2.24, 2.45) is 5.41 Å². The summed E-state index contributed by atoms with van der Waals surface area (Å²) < 4.78 is 0. The molecule has 4 heteroatoms. The number of benzene rings is 1. The van der Waals surface area contributed by atoms with Crippen LogP contribution >= 0.6 is 23.2 Å². The molecule has 1 N–H and O–H groups in total. The van der Waals surface area contributed by atoms with Crippen LogP contribution in [0.4, 0.5) is 0 Å². The number of carboxylic acids is 1. The van der Waals surface area contributed by atoms with Gasteiger partial charge in [-0.15, -0.1) is 0 Å². The van der Waals surface area contributed by atoms with E-state index in [2.05, 4.69) is 0 Å². The molecule has 0 saturated carbocycles. The summed E-state index contributed by atoms with van der Waals surface area (Å²) in [4.78, 5) is 11.1. The van der Waals surface area contributed by atoms with E-state index in [0.717, 1.165) is 5.56 Å². The first-order chi connectivity index (χ1) is 7.39. The molecule has 1 atom stereocenters. The third-order valence-electron chi connectivity index (χ3n) is 2.87. The topological polar surface area (TPSA) is 37.3 Å². The average molecular weight is 261 g/mol. The summed E-state index contributed by atoms with van der Waals surface area (Å²) in [6.07, 6.45) is 1.03. The molecular weight excluding hydrogens is 247 g/mol. The van der Waals surface area contributed by atoms with E-state index in [4.69, 9.17) is 28.3 Å². The van der Waals surface area contributed by atoms with Crippen LogP contribution in [-0.4, -0.2) is 11.1 Å². The predicted octanol–water partition coefficient (Wildman–Crippen LogP) is 4.04. The minimum absolute atomic E-state index is 0.454. The fourth-order valence-corrected chi connectivity index (χ4v) is 1.77. The summed E-state index contributed by atoms with van der Waals surface area (Å²) in [5.74, 6) is -0.791. The molecule has 0 heterocycles. The molecule has 0 aliphatic carbocycles. The lowest BCUT2D eigenvalue weighted by molar-refractivity contribution is -0.148. The number of rotatable bonds is 4. The molecule has 0 bridgehead atoms. The number of halogens is 2. The van der Waals surface area contributed by atoms with Crippen LogP contribution in [0.25, 0.3) is 0 Å². The second-order valence-corrected chi connectivity index (χ2v) is 4.96. The Bertz CT molecular complexity index is 404. The number of hydrogen-bond acceptors (Lipinski definition) is 1. The third-order valence-corrected chi connectivity index (χ3v) is 3.61. The van der Waals surface area contributed by atoms with E-state index >= 15 is 0 Å². The molecule has 0 aromatic heterocycles. The lowest BCUT2D eigenvalue weighted by Gasteiger charge is -2.23. The van der Waals surface area contributed by atoms with Gasteiger partial charge in [0.2, 0.25) is 0 Å². The van der Waals surface area contributed by atoms with Crippen molar-refractivity contribution in [3.05, 3.63) is 33.8 Å². The molecule has 2 nitrogen and oxygen atoms in total. The van der Waals surface area contributed by atoms with E-state index in [0.29, 0.717) is 22.9 Å². The summed E-state index contributed by atoms with van der Waals surface area (Å²) in [5.41, 5.74) is 0.137. The van der Waals surface area contributed by atoms with Crippen LogP contribution in [0.1, 0.15) is 25.8 Å². The highest BCUT2D eigenvalue weighted by molar-refractivity contribution is 6.42. The fraction of sp³-hybridized carbons (Fsp3) is 0.417. The first kappa shape index (κ1) is 13.3. The van der Waals surface area contributed by atoms with Crippen molar-refractivity contribution in [2.75, 3.05) is 0 Å². The molecule has 0 fully saturated rings. The summed E-state index contributed by atoms with van der Waals surface area (Å²) in [5, 5.41) is 10.1. The highest BCUT2D eigenvalue weighted by atomic mass is 35.5. The van der Waals surface area contributed by atoms with Crippen molar-refractivity contribution in [3.8, 4) is 0 Å². The lowest BCUT2D eigenvalue weighted by atomic mass is 9.81. The predicted molar refractivity (Wildman–Crippen MR) is 66.2 cm³/mol. The van der Waals surface area contributed by atoms with Crippen molar-refractivity contribution in [2.45, 2.75) is 26.7 Å². The second kappa shape index (κ2) is 5.07. The Morgan fingerprint density at radius 2 is 2.00 bits per heavy atom. The number of carboxylic acid groups (broad SMARTS) is 1. The number of carbonyl (C=O) groups is 1. The quantitative estimate of drug-likeness (QED) is 0.888. The molecule has 0 aliphatic rings. The van der Waals surface area contributed by atoms with Crippen LogP contribution in [-0.2, 0) is 11.2 Å². The summed E-state index contributed by atoms with van der Waals surface area (Å²) >= 11 is 11.7. The first-order valence-electron chi connectivity index (χ1n) is 5.06. The van der Waals surface area contributed by atoms with Gasteiger partial charge in [-0.05, 0) is 37.5 Å². The van der Waals surface area contributed by atoms with Crippen LogP contribution in [0.3, 0.4) is 0 Å². The zero-order valence-electron chi connectivity index (χ0n) is 9.26. The lowest BCUT2D eigenvalue weighted by Crippen LogP contribution is -2.29. The minimum Gasteiger partial charge on any atom is -0.481 e. The molecule has 1 unspecified atom stereocenters. The van der Waals surface area contributed by atoms with Gasteiger partial charge in [0.05, 0.1) is 15.5 Å². The van der Waals surface area contributed by atoms with Gasteiger partial charge in [0.1, 0.15) is 0 Å². The van der Waals surface area contributed by atoms with Gasteiger partial charge in [0, 0.05) is 0 Å². The van der Waals surface area contributed by atoms with Crippen LogP contribution in [0, 0.1) is 5.41 Å². The molecule has 1 aromatic rings. The SMILES string of the molecule is CCC(C)(Cc1ccc(Cl)c(Cl)c1)C(=O)O. The van der Waals surface area contributed by atoms with Crippen LogP contribution in [0.5, 0.6) is 0 Å². The molecule has 0 spiro atoms. The van der Waals surface area contributed by atoms with Crippen LogP contribution in [0.15, 0.2) is 18.2 Å². The Morgan fingerprint density at radius 1 is 1.38 bits per heavy atom. The molecule has 16 heavy (non-hydrogen) atoms. The molecule has 0 radical (unpaired) electrons. The van der Waals surface area contributed by atoms with Crippen molar-refractivity contribution >= 4 is 29.2 Å². The fourth-order valence-electron chi connectivity index (χ4n) is 1.45. The average Bonchev–Trinajstić information content (AvgIpc) is 2.23. The van der Waals surface area contributed by atoms with Crippen molar-refractivity contribution in [1.29, 1.82) is 0 Å². The van der Waals surface area contributed by atoms with E-state index in [1.807, 2.05) is 13.0 Å². The maximum Gasteiger partial charge on any atom is 0.309 e. The van der Waals surface area contributed by atoms with Gasteiger partial charge in [-0.3, -0.25) is 4.79 Å². The van der Waals surface area contributed by atoms with E-state index in [1.54, 1.807) is 19.1 Å². The zero-order valence-corrected chi connectivity index (χ0v) is 10.8. The van der Waals surface area contributed by atoms with Gasteiger partial charge in [0.15, 0.2) is 0 Å². The van der Waals surface area contributed by atoms with Crippen molar-refractivity contribution in [1.82, 2.24) is 0 Å².